The average molecular weight is 285 g/mol. The zero-order valence-corrected chi connectivity index (χ0v) is 13.7. The van der Waals surface area contributed by atoms with Gasteiger partial charge in [-0.1, -0.05) is 6.92 Å². The van der Waals surface area contributed by atoms with E-state index in [4.69, 9.17) is 4.74 Å². The van der Waals surface area contributed by atoms with E-state index in [1.54, 1.807) is 0 Å². The van der Waals surface area contributed by atoms with E-state index in [-0.39, 0.29) is 12.1 Å². The van der Waals surface area contributed by atoms with Crippen molar-refractivity contribution in [2.75, 3.05) is 26.2 Å². The number of alkyl carbamates (subject to hydrolysis) is 1. The van der Waals surface area contributed by atoms with E-state index in [2.05, 4.69) is 29.4 Å². The van der Waals surface area contributed by atoms with Crippen molar-refractivity contribution >= 4 is 6.09 Å². The van der Waals surface area contributed by atoms with Crippen LogP contribution < -0.4 is 10.6 Å². The summed E-state index contributed by atoms with van der Waals surface area (Å²) in [5, 5.41) is 6.23. The number of amides is 1. The summed E-state index contributed by atoms with van der Waals surface area (Å²) in [4.78, 5) is 14.0. The second kappa shape index (κ2) is 7.84. The zero-order chi connectivity index (χ0) is 15.2. The Morgan fingerprint density at radius 3 is 2.55 bits per heavy atom. The van der Waals surface area contributed by atoms with E-state index in [1.165, 1.54) is 12.8 Å². The van der Waals surface area contributed by atoms with Crippen molar-refractivity contribution in [3.8, 4) is 0 Å². The maximum Gasteiger partial charge on any atom is 0.407 e. The van der Waals surface area contributed by atoms with Gasteiger partial charge in [-0.3, -0.25) is 4.90 Å². The highest BCUT2D eigenvalue weighted by Crippen LogP contribution is 2.25. The van der Waals surface area contributed by atoms with Crippen LogP contribution in [0.25, 0.3) is 0 Å². The fourth-order valence-corrected chi connectivity index (χ4v) is 2.12. The van der Waals surface area contributed by atoms with E-state index in [9.17, 15) is 4.79 Å². The first-order chi connectivity index (χ1) is 9.31. The number of carbonyl (C=O) groups is 1. The molecule has 1 unspecified atom stereocenters. The van der Waals surface area contributed by atoms with Gasteiger partial charge in [0.15, 0.2) is 0 Å². The number of likely N-dealkylation sites (N-methyl/N-ethyl adjacent to an activating group) is 1. The third kappa shape index (κ3) is 7.70. The molecule has 20 heavy (non-hydrogen) atoms. The smallest absolute Gasteiger partial charge is 0.407 e. The van der Waals surface area contributed by atoms with Crippen LogP contribution >= 0.6 is 0 Å². The van der Waals surface area contributed by atoms with Crippen LogP contribution in [0.5, 0.6) is 0 Å². The van der Waals surface area contributed by atoms with E-state index in [1.807, 2.05) is 20.8 Å². The van der Waals surface area contributed by atoms with E-state index in [0.717, 1.165) is 25.7 Å². The molecule has 1 amide bonds. The lowest BCUT2D eigenvalue weighted by Crippen LogP contribution is -2.43. The molecule has 0 aliphatic heterocycles. The minimum Gasteiger partial charge on any atom is -0.444 e. The summed E-state index contributed by atoms with van der Waals surface area (Å²) in [6.07, 6.45) is 2.35. The van der Waals surface area contributed by atoms with Crippen LogP contribution in [0.1, 0.15) is 47.5 Å². The Kier molecular flexibility index (Phi) is 6.76. The van der Waals surface area contributed by atoms with Gasteiger partial charge in [0.2, 0.25) is 0 Å². The first-order valence-corrected chi connectivity index (χ1v) is 7.76. The Morgan fingerprint density at radius 2 is 2.05 bits per heavy atom. The van der Waals surface area contributed by atoms with Gasteiger partial charge in [0, 0.05) is 31.7 Å². The molecule has 0 saturated heterocycles. The van der Waals surface area contributed by atoms with Gasteiger partial charge in [-0.15, -0.1) is 0 Å². The second-order valence-corrected chi connectivity index (χ2v) is 6.60. The van der Waals surface area contributed by atoms with E-state index >= 15 is 0 Å². The molecule has 1 aliphatic rings. The summed E-state index contributed by atoms with van der Waals surface area (Å²) >= 11 is 0. The van der Waals surface area contributed by atoms with Crippen molar-refractivity contribution in [2.24, 2.45) is 0 Å². The molecule has 0 radical (unpaired) electrons. The zero-order valence-electron chi connectivity index (χ0n) is 13.7. The van der Waals surface area contributed by atoms with Crippen LogP contribution in [0.4, 0.5) is 4.79 Å². The summed E-state index contributed by atoms with van der Waals surface area (Å²) in [5.74, 6) is 0. The molecular formula is C15H31N3O2. The van der Waals surface area contributed by atoms with Crippen molar-refractivity contribution in [3.05, 3.63) is 0 Å². The van der Waals surface area contributed by atoms with Gasteiger partial charge in [-0.05, 0) is 47.1 Å². The first-order valence-electron chi connectivity index (χ1n) is 7.76. The Balaban J connectivity index is 2.07. The monoisotopic (exact) mass is 285 g/mol. The molecule has 0 spiro atoms. The second-order valence-electron chi connectivity index (χ2n) is 6.60. The van der Waals surface area contributed by atoms with Crippen LogP contribution in [0.15, 0.2) is 0 Å². The van der Waals surface area contributed by atoms with Crippen molar-refractivity contribution in [1.29, 1.82) is 0 Å². The molecule has 0 aromatic rings. The molecule has 0 aromatic heterocycles. The molecule has 5 nitrogen and oxygen atoms in total. The van der Waals surface area contributed by atoms with Crippen LogP contribution in [0, 0.1) is 0 Å². The summed E-state index contributed by atoms with van der Waals surface area (Å²) in [6.45, 7) is 13.6. The molecule has 118 valence electrons. The SMILES string of the molecule is CCN(CCNC(C)CNC(=O)OC(C)(C)C)C1CC1. The molecule has 1 rings (SSSR count). The number of hydrogen-bond acceptors (Lipinski definition) is 4. The topological polar surface area (TPSA) is 53.6 Å². The fourth-order valence-electron chi connectivity index (χ4n) is 2.12. The number of carbonyl (C=O) groups excluding carboxylic acids is 1. The molecule has 1 atom stereocenters. The average Bonchev–Trinajstić information content (AvgIpc) is 3.14. The minimum absolute atomic E-state index is 0.250. The Labute approximate surface area is 123 Å². The van der Waals surface area contributed by atoms with Crippen molar-refractivity contribution in [3.63, 3.8) is 0 Å². The number of ether oxygens (including phenoxy) is 1. The van der Waals surface area contributed by atoms with Crippen LogP contribution in [-0.2, 0) is 4.74 Å². The Bertz CT molecular complexity index is 298. The van der Waals surface area contributed by atoms with Gasteiger partial charge in [0.05, 0.1) is 0 Å². The number of nitrogens with one attached hydrogen (secondary N) is 2. The molecule has 0 heterocycles. The Hall–Kier alpha value is -0.810. The van der Waals surface area contributed by atoms with Crippen LogP contribution in [0.3, 0.4) is 0 Å². The third-order valence-electron chi connectivity index (χ3n) is 3.31. The van der Waals surface area contributed by atoms with Gasteiger partial charge < -0.3 is 15.4 Å². The highest BCUT2D eigenvalue weighted by molar-refractivity contribution is 5.67. The van der Waals surface area contributed by atoms with Gasteiger partial charge in [0.25, 0.3) is 0 Å². The summed E-state index contributed by atoms with van der Waals surface area (Å²) in [5.41, 5.74) is -0.438. The van der Waals surface area contributed by atoms with Gasteiger partial charge in [-0.25, -0.2) is 4.79 Å². The third-order valence-corrected chi connectivity index (χ3v) is 3.31. The molecule has 1 saturated carbocycles. The van der Waals surface area contributed by atoms with Gasteiger partial charge >= 0.3 is 6.09 Å². The van der Waals surface area contributed by atoms with Crippen LogP contribution in [0.2, 0.25) is 0 Å². The highest BCUT2D eigenvalue weighted by atomic mass is 16.6. The molecule has 5 heteroatoms. The predicted molar refractivity (Wildman–Crippen MR) is 82.0 cm³/mol. The first kappa shape index (κ1) is 17.2. The largest absolute Gasteiger partial charge is 0.444 e. The van der Waals surface area contributed by atoms with Crippen molar-refractivity contribution < 1.29 is 9.53 Å². The van der Waals surface area contributed by atoms with Gasteiger partial charge in [0.1, 0.15) is 5.60 Å². The quantitative estimate of drug-likeness (QED) is 0.716. The fraction of sp³-hybridized carbons (Fsp3) is 0.933. The van der Waals surface area contributed by atoms with Crippen LogP contribution in [-0.4, -0.2) is 54.9 Å². The number of nitrogens with zero attached hydrogens (tertiary/aromatic N) is 1. The highest BCUT2D eigenvalue weighted by Gasteiger charge is 2.27. The lowest BCUT2D eigenvalue weighted by atomic mass is 10.2. The van der Waals surface area contributed by atoms with Crippen molar-refractivity contribution in [2.45, 2.75) is 65.1 Å². The molecule has 0 bridgehead atoms. The molecular weight excluding hydrogens is 254 g/mol. The summed E-state index contributed by atoms with van der Waals surface area (Å²) < 4.78 is 5.20. The number of hydrogen-bond donors (Lipinski definition) is 2. The minimum atomic E-state index is -0.438. The standard InChI is InChI=1S/C15H31N3O2/c1-6-18(13-7-8-13)10-9-16-12(2)11-17-14(19)20-15(3,4)5/h12-13,16H,6-11H2,1-5H3,(H,17,19). The van der Waals surface area contributed by atoms with Crippen molar-refractivity contribution in [1.82, 2.24) is 15.5 Å². The molecule has 2 N–H and O–H groups in total. The molecule has 1 fully saturated rings. The van der Waals surface area contributed by atoms with Gasteiger partial charge in [-0.2, -0.15) is 0 Å². The summed E-state index contributed by atoms with van der Waals surface area (Å²) in [6, 6.07) is 1.07. The van der Waals surface area contributed by atoms with E-state index < -0.39 is 5.60 Å². The molecule has 1 aliphatic carbocycles. The molecule has 0 aromatic carbocycles. The maximum atomic E-state index is 11.5. The predicted octanol–water partition coefficient (Wildman–Crippen LogP) is 1.97. The summed E-state index contributed by atoms with van der Waals surface area (Å²) in [7, 11) is 0. The van der Waals surface area contributed by atoms with E-state index in [0.29, 0.717) is 6.54 Å². The normalized spacial score (nSPS) is 17.1. The Morgan fingerprint density at radius 1 is 1.40 bits per heavy atom. The lowest BCUT2D eigenvalue weighted by molar-refractivity contribution is 0.0523. The maximum absolute atomic E-state index is 11.5. The number of rotatable bonds is 8. The lowest BCUT2D eigenvalue weighted by Gasteiger charge is -2.23.